The summed E-state index contributed by atoms with van der Waals surface area (Å²) in [6.45, 7) is 2.27. The van der Waals surface area contributed by atoms with Gasteiger partial charge in [-0.25, -0.2) is 0 Å². The lowest BCUT2D eigenvalue weighted by molar-refractivity contribution is -0.137. The van der Waals surface area contributed by atoms with Crippen molar-refractivity contribution in [1.82, 2.24) is 0 Å². The van der Waals surface area contributed by atoms with Crippen LogP contribution in [0.5, 0.6) is 0 Å². The molecule has 0 saturated heterocycles. The summed E-state index contributed by atoms with van der Waals surface area (Å²) in [5.41, 5.74) is 0. The molecule has 0 aliphatic carbocycles. The molecule has 28 heavy (non-hydrogen) atoms. The zero-order chi connectivity index (χ0) is 20.5. The normalized spacial score (nSPS) is 12.0. The number of carboxylic acid groups (broad SMARTS) is 1. The van der Waals surface area contributed by atoms with Crippen molar-refractivity contribution in [2.75, 3.05) is 0 Å². The van der Waals surface area contributed by atoms with Crippen LogP contribution in [-0.4, -0.2) is 11.1 Å². The summed E-state index contributed by atoms with van der Waals surface area (Å²) in [4.78, 5) is 10.4. The fourth-order valence-electron chi connectivity index (χ4n) is 3.19. The maximum Gasteiger partial charge on any atom is 0.303 e. The molecule has 1 N–H and O–H groups in total. The van der Waals surface area contributed by atoms with Crippen molar-refractivity contribution < 1.29 is 9.90 Å². The fraction of sp³-hybridized carbons (Fsp3) is 0.731. The summed E-state index contributed by atoms with van der Waals surface area (Å²) in [7, 11) is 0. The Morgan fingerprint density at radius 3 is 1.32 bits per heavy atom. The molecule has 0 amide bonds. The molecule has 0 aliphatic rings. The van der Waals surface area contributed by atoms with E-state index in [-0.39, 0.29) is 6.42 Å². The van der Waals surface area contributed by atoms with E-state index in [0.29, 0.717) is 0 Å². The first-order valence-corrected chi connectivity index (χ1v) is 11.9. The van der Waals surface area contributed by atoms with Crippen LogP contribution in [0.25, 0.3) is 0 Å². The third-order valence-electron chi connectivity index (χ3n) is 4.98. The first-order valence-electron chi connectivity index (χ1n) is 11.9. The molecule has 0 rings (SSSR count). The highest BCUT2D eigenvalue weighted by Gasteiger charge is 1.93. The van der Waals surface area contributed by atoms with Crippen LogP contribution in [0.4, 0.5) is 0 Å². The molecule has 0 aliphatic heterocycles. The second kappa shape index (κ2) is 23.7. The molecule has 2 nitrogen and oxygen atoms in total. The van der Waals surface area contributed by atoms with E-state index < -0.39 is 5.97 Å². The van der Waals surface area contributed by atoms with Gasteiger partial charge in [0.2, 0.25) is 0 Å². The molecule has 162 valence electrons. The van der Waals surface area contributed by atoms with Crippen LogP contribution >= 0.6 is 0 Å². The highest BCUT2D eigenvalue weighted by atomic mass is 16.4. The van der Waals surface area contributed by atoms with Gasteiger partial charge >= 0.3 is 5.97 Å². The van der Waals surface area contributed by atoms with Crippen molar-refractivity contribution in [1.29, 1.82) is 0 Å². The molecular formula is C26H46O2. The molecule has 0 aromatic heterocycles. The maximum atomic E-state index is 10.4. The molecule has 0 aromatic carbocycles. The van der Waals surface area contributed by atoms with E-state index >= 15 is 0 Å². The van der Waals surface area contributed by atoms with E-state index in [0.717, 1.165) is 25.7 Å². The minimum atomic E-state index is -0.697. The van der Waals surface area contributed by atoms with Crippen molar-refractivity contribution in [2.45, 2.75) is 122 Å². The molecule has 0 fully saturated rings. The number of unbranched alkanes of at least 4 members (excludes halogenated alkanes) is 13. The summed E-state index contributed by atoms with van der Waals surface area (Å²) in [6, 6.07) is 0. The molecule has 0 saturated carbocycles. The number of rotatable bonds is 21. The number of aliphatic carboxylic acids is 1. The van der Waals surface area contributed by atoms with Crippen molar-refractivity contribution >= 4 is 5.97 Å². The minimum Gasteiger partial charge on any atom is -0.481 e. The molecule has 0 spiro atoms. The summed E-state index contributed by atoms with van der Waals surface area (Å²) in [6.07, 6.45) is 35.2. The van der Waals surface area contributed by atoms with E-state index in [1.54, 1.807) is 0 Å². The first-order chi connectivity index (χ1) is 13.8. The zero-order valence-electron chi connectivity index (χ0n) is 18.5. The SMILES string of the molecule is CCCCCC/C=C/CCCCCCCC/C=C/CC/C=C/CCCC(=O)O. The molecule has 0 bridgehead atoms. The summed E-state index contributed by atoms with van der Waals surface area (Å²) < 4.78 is 0. The second-order valence-corrected chi connectivity index (χ2v) is 7.83. The lowest BCUT2D eigenvalue weighted by atomic mass is 10.1. The molecule has 0 atom stereocenters. The second-order valence-electron chi connectivity index (χ2n) is 7.83. The van der Waals surface area contributed by atoms with Crippen molar-refractivity contribution in [3.63, 3.8) is 0 Å². The Bertz CT molecular complexity index is 407. The van der Waals surface area contributed by atoms with E-state index in [1.807, 2.05) is 0 Å². The maximum absolute atomic E-state index is 10.4. The summed E-state index contributed by atoms with van der Waals surface area (Å²) in [5.74, 6) is -0.697. The Labute approximate surface area is 175 Å². The lowest BCUT2D eigenvalue weighted by Crippen LogP contribution is -1.92. The average Bonchev–Trinajstić information content (AvgIpc) is 2.68. The van der Waals surface area contributed by atoms with Gasteiger partial charge in [0.25, 0.3) is 0 Å². The predicted octanol–water partition coefficient (Wildman–Crippen LogP) is 8.78. The van der Waals surface area contributed by atoms with Crippen molar-refractivity contribution in [2.24, 2.45) is 0 Å². The Morgan fingerprint density at radius 2 is 0.893 bits per heavy atom. The number of allylic oxidation sites excluding steroid dienone is 6. The Hall–Kier alpha value is -1.31. The van der Waals surface area contributed by atoms with Gasteiger partial charge in [-0.15, -0.1) is 0 Å². The fourth-order valence-corrected chi connectivity index (χ4v) is 3.19. The zero-order valence-corrected chi connectivity index (χ0v) is 18.5. The van der Waals surface area contributed by atoms with Crippen LogP contribution in [-0.2, 0) is 4.79 Å². The van der Waals surface area contributed by atoms with Gasteiger partial charge in [0.1, 0.15) is 0 Å². The highest BCUT2D eigenvalue weighted by molar-refractivity contribution is 5.66. The van der Waals surface area contributed by atoms with Crippen molar-refractivity contribution in [3.8, 4) is 0 Å². The number of carboxylic acids is 1. The van der Waals surface area contributed by atoms with Crippen LogP contribution in [0.3, 0.4) is 0 Å². The van der Waals surface area contributed by atoms with Crippen molar-refractivity contribution in [3.05, 3.63) is 36.5 Å². The van der Waals surface area contributed by atoms with Crippen LogP contribution < -0.4 is 0 Å². The Balaban J connectivity index is 3.20. The summed E-state index contributed by atoms with van der Waals surface area (Å²) >= 11 is 0. The largest absolute Gasteiger partial charge is 0.481 e. The van der Waals surface area contributed by atoms with Crippen LogP contribution in [0.2, 0.25) is 0 Å². The predicted molar refractivity (Wildman–Crippen MR) is 124 cm³/mol. The van der Waals surface area contributed by atoms with Gasteiger partial charge in [0.05, 0.1) is 0 Å². The molecule has 0 heterocycles. The monoisotopic (exact) mass is 390 g/mol. The minimum absolute atomic E-state index is 0.278. The van der Waals surface area contributed by atoms with Gasteiger partial charge in [0.15, 0.2) is 0 Å². The summed E-state index contributed by atoms with van der Waals surface area (Å²) in [5, 5.41) is 8.55. The number of carbonyl (C=O) groups is 1. The van der Waals surface area contributed by atoms with Gasteiger partial charge in [0, 0.05) is 6.42 Å². The van der Waals surface area contributed by atoms with Gasteiger partial charge < -0.3 is 5.11 Å². The van der Waals surface area contributed by atoms with Crippen LogP contribution in [0.1, 0.15) is 122 Å². The standard InChI is InChI=1S/C26H46O2/c1-2-3-4-5-6-7-8-9-10-11-12-13-14-15-16-17-18-19-20-21-22-23-24-25-26(27)28/h7-8,17-18,21-22H,2-6,9-16,19-20,23-25H2,1H3,(H,27,28)/b8-7+,18-17+,22-21+. The van der Waals surface area contributed by atoms with E-state index in [9.17, 15) is 4.79 Å². The number of hydrogen-bond donors (Lipinski definition) is 1. The van der Waals surface area contributed by atoms with Gasteiger partial charge in [-0.1, -0.05) is 88.3 Å². The third-order valence-corrected chi connectivity index (χ3v) is 4.98. The lowest BCUT2D eigenvalue weighted by Gasteiger charge is -1.99. The smallest absolute Gasteiger partial charge is 0.303 e. The van der Waals surface area contributed by atoms with Gasteiger partial charge in [-0.2, -0.15) is 0 Å². The molecule has 0 radical (unpaired) electrons. The number of hydrogen-bond acceptors (Lipinski definition) is 1. The van der Waals surface area contributed by atoms with E-state index in [2.05, 4.69) is 43.4 Å². The quantitative estimate of drug-likeness (QED) is 0.157. The molecular weight excluding hydrogens is 344 g/mol. The first kappa shape index (κ1) is 26.7. The van der Waals surface area contributed by atoms with Crippen LogP contribution in [0, 0.1) is 0 Å². The molecule has 2 heteroatoms. The molecule has 0 aromatic rings. The van der Waals surface area contributed by atoms with Gasteiger partial charge in [-0.05, 0) is 64.2 Å². The Morgan fingerprint density at radius 1 is 0.536 bits per heavy atom. The average molecular weight is 391 g/mol. The Kier molecular flexibility index (Phi) is 22.6. The van der Waals surface area contributed by atoms with Gasteiger partial charge in [-0.3, -0.25) is 4.79 Å². The van der Waals surface area contributed by atoms with Crippen LogP contribution in [0.15, 0.2) is 36.5 Å². The highest BCUT2D eigenvalue weighted by Crippen LogP contribution is 2.10. The molecule has 0 unspecified atom stereocenters. The third kappa shape index (κ3) is 24.7. The topological polar surface area (TPSA) is 37.3 Å². The van der Waals surface area contributed by atoms with E-state index in [1.165, 1.54) is 83.5 Å². The van der Waals surface area contributed by atoms with E-state index in [4.69, 9.17) is 5.11 Å².